The molecule has 0 atom stereocenters. The van der Waals surface area contributed by atoms with Crippen LogP contribution in [0.5, 0.6) is 0 Å². The normalized spacial score (nSPS) is 11.2. The standard InChI is InChI=1S/C15H15ClN2O3S/c1-9-6-7-11(8-12(9)15(17)19)22(20,21)18-14-5-3-4-13(16)10(14)2/h3-8,18H,1-2H3,(H2,17,19). The molecule has 3 N–H and O–H groups in total. The number of carbonyl (C=O) groups is 1. The zero-order chi connectivity index (χ0) is 16.5. The molecule has 0 spiro atoms. The maximum Gasteiger partial charge on any atom is 0.261 e. The molecule has 0 aliphatic heterocycles. The van der Waals surface area contributed by atoms with Crippen LogP contribution in [-0.2, 0) is 10.0 Å². The Kier molecular flexibility index (Phi) is 4.44. The van der Waals surface area contributed by atoms with Gasteiger partial charge in [0, 0.05) is 10.6 Å². The number of sulfonamides is 1. The number of amides is 1. The summed E-state index contributed by atoms with van der Waals surface area (Å²) in [5, 5.41) is 0.460. The summed E-state index contributed by atoms with van der Waals surface area (Å²) in [7, 11) is -3.84. The molecule has 1 amide bonds. The van der Waals surface area contributed by atoms with Crippen LogP contribution in [0, 0.1) is 13.8 Å². The summed E-state index contributed by atoms with van der Waals surface area (Å²) in [6.45, 7) is 3.40. The number of halogens is 1. The number of aryl methyl sites for hydroxylation is 1. The highest BCUT2D eigenvalue weighted by Crippen LogP contribution is 2.26. The lowest BCUT2D eigenvalue weighted by Crippen LogP contribution is -2.17. The Balaban J connectivity index is 2.45. The van der Waals surface area contributed by atoms with Crippen LogP contribution in [0.4, 0.5) is 5.69 Å². The summed E-state index contributed by atoms with van der Waals surface area (Å²) in [6.07, 6.45) is 0. The molecule has 2 rings (SSSR count). The number of hydrogen-bond acceptors (Lipinski definition) is 3. The molecule has 0 heterocycles. The van der Waals surface area contributed by atoms with E-state index < -0.39 is 15.9 Å². The SMILES string of the molecule is Cc1ccc(S(=O)(=O)Nc2cccc(Cl)c2C)cc1C(N)=O. The van der Waals surface area contributed by atoms with E-state index in [1.165, 1.54) is 12.1 Å². The molecule has 5 nitrogen and oxygen atoms in total. The van der Waals surface area contributed by atoms with Crippen molar-refractivity contribution in [2.24, 2.45) is 5.73 Å². The second-order valence-electron chi connectivity index (χ2n) is 4.86. The smallest absolute Gasteiger partial charge is 0.261 e. The maximum absolute atomic E-state index is 12.4. The molecule has 22 heavy (non-hydrogen) atoms. The van der Waals surface area contributed by atoms with Gasteiger partial charge in [-0.1, -0.05) is 23.7 Å². The van der Waals surface area contributed by atoms with E-state index in [0.717, 1.165) is 0 Å². The van der Waals surface area contributed by atoms with Crippen LogP contribution in [0.3, 0.4) is 0 Å². The van der Waals surface area contributed by atoms with Gasteiger partial charge < -0.3 is 5.73 Å². The van der Waals surface area contributed by atoms with Gasteiger partial charge >= 0.3 is 0 Å². The van der Waals surface area contributed by atoms with Crippen LogP contribution < -0.4 is 10.5 Å². The van der Waals surface area contributed by atoms with Gasteiger partial charge in [-0.2, -0.15) is 0 Å². The topological polar surface area (TPSA) is 89.3 Å². The molecular weight excluding hydrogens is 324 g/mol. The fraction of sp³-hybridized carbons (Fsp3) is 0.133. The fourth-order valence-corrected chi connectivity index (χ4v) is 3.28. The summed E-state index contributed by atoms with van der Waals surface area (Å²) in [4.78, 5) is 11.3. The van der Waals surface area contributed by atoms with E-state index in [2.05, 4.69) is 4.72 Å². The molecule has 2 aromatic rings. The third-order valence-corrected chi connectivity index (χ3v) is 5.07. The first-order valence-corrected chi connectivity index (χ1v) is 8.27. The van der Waals surface area contributed by atoms with Crippen molar-refractivity contribution >= 4 is 33.2 Å². The maximum atomic E-state index is 12.4. The third-order valence-electron chi connectivity index (χ3n) is 3.30. The molecule has 2 aromatic carbocycles. The molecule has 0 saturated heterocycles. The Morgan fingerprint density at radius 3 is 2.50 bits per heavy atom. The Morgan fingerprint density at radius 2 is 1.86 bits per heavy atom. The highest BCUT2D eigenvalue weighted by Gasteiger charge is 2.18. The van der Waals surface area contributed by atoms with Crippen molar-refractivity contribution in [3.05, 3.63) is 58.1 Å². The summed E-state index contributed by atoms with van der Waals surface area (Å²) >= 11 is 5.98. The molecule has 0 radical (unpaired) electrons. The van der Waals surface area contributed by atoms with E-state index in [1.54, 1.807) is 38.1 Å². The number of hydrogen-bond donors (Lipinski definition) is 2. The summed E-state index contributed by atoms with van der Waals surface area (Å²) in [5.41, 5.74) is 7.04. The number of primary amides is 1. The van der Waals surface area contributed by atoms with Gasteiger partial charge in [-0.25, -0.2) is 8.42 Å². The highest BCUT2D eigenvalue weighted by molar-refractivity contribution is 7.92. The molecule has 0 saturated carbocycles. The van der Waals surface area contributed by atoms with Crippen LogP contribution in [0.2, 0.25) is 5.02 Å². The van der Waals surface area contributed by atoms with Crippen molar-refractivity contribution in [1.29, 1.82) is 0 Å². The van der Waals surface area contributed by atoms with Crippen LogP contribution in [0.25, 0.3) is 0 Å². The lowest BCUT2D eigenvalue weighted by molar-refractivity contribution is 0.0999. The minimum absolute atomic E-state index is 0.0359. The Labute approximate surface area is 134 Å². The zero-order valence-electron chi connectivity index (χ0n) is 12.1. The lowest BCUT2D eigenvalue weighted by Gasteiger charge is -2.12. The van der Waals surface area contributed by atoms with Gasteiger partial charge in [0.1, 0.15) is 0 Å². The molecule has 0 aliphatic carbocycles. The Bertz CT molecular complexity index is 848. The van der Waals surface area contributed by atoms with Crippen molar-refractivity contribution in [3.8, 4) is 0 Å². The number of nitrogens with one attached hydrogen (secondary N) is 1. The van der Waals surface area contributed by atoms with E-state index in [-0.39, 0.29) is 10.5 Å². The lowest BCUT2D eigenvalue weighted by atomic mass is 10.1. The van der Waals surface area contributed by atoms with Crippen molar-refractivity contribution in [2.75, 3.05) is 4.72 Å². The van der Waals surface area contributed by atoms with E-state index >= 15 is 0 Å². The number of carbonyl (C=O) groups excluding carboxylic acids is 1. The number of anilines is 1. The quantitative estimate of drug-likeness (QED) is 0.898. The third kappa shape index (κ3) is 3.23. The molecule has 0 aromatic heterocycles. The zero-order valence-corrected chi connectivity index (χ0v) is 13.6. The molecule has 7 heteroatoms. The van der Waals surface area contributed by atoms with Crippen molar-refractivity contribution < 1.29 is 13.2 Å². The van der Waals surface area contributed by atoms with Crippen LogP contribution >= 0.6 is 11.6 Å². The fourth-order valence-electron chi connectivity index (χ4n) is 1.96. The summed E-state index contributed by atoms with van der Waals surface area (Å²) < 4.78 is 27.4. The average Bonchev–Trinajstić information content (AvgIpc) is 2.43. The van der Waals surface area contributed by atoms with Crippen molar-refractivity contribution in [1.82, 2.24) is 0 Å². The van der Waals surface area contributed by atoms with Gasteiger partial charge in [0.25, 0.3) is 10.0 Å². The van der Waals surface area contributed by atoms with E-state index in [1.807, 2.05) is 0 Å². The highest BCUT2D eigenvalue weighted by atomic mass is 35.5. The Hall–Kier alpha value is -2.05. The monoisotopic (exact) mass is 338 g/mol. The molecule has 0 aliphatic rings. The van der Waals surface area contributed by atoms with Gasteiger partial charge in [-0.3, -0.25) is 9.52 Å². The molecular formula is C15H15ClN2O3S. The minimum atomic E-state index is -3.84. The Morgan fingerprint density at radius 1 is 1.18 bits per heavy atom. The first kappa shape index (κ1) is 16.3. The summed E-state index contributed by atoms with van der Waals surface area (Å²) in [6, 6.07) is 9.16. The van der Waals surface area contributed by atoms with Crippen molar-refractivity contribution in [2.45, 2.75) is 18.7 Å². The first-order valence-electron chi connectivity index (χ1n) is 6.41. The molecule has 116 valence electrons. The minimum Gasteiger partial charge on any atom is -0.366 e. The van der Waals surface area contributed by atoms with Crippen LogP contribution in [0.1, 0.15) is 21.5 Å². The van der Waals surface area contributed by atoms with E-state index in [9.17, 15) is 13.2 Å². The average molecular weight is 339 g/mol. The van der Waals surface area contributed by atoms with Gasteiger partial charge in [0.2, 0.25) is 5.91 Å². The molecule has 0 bridgehead atoms. The largest absolute Gasteiger partial charge is 0.366 e. The number of rotatable bonds is 4. The first-order chi connectivity index (χ1) is 10.2. The second-order valence-corrected chi connectivity index (χ2v) is 6.95. The predicted octanol–water partition coefficient (Wildman–Crippen LogP) is 2.86. The molecule has 0 unspecified atom stereocenters. The van der Waals surface area contributed by atoms with Gasteiger partial charge in [-0.05, 0) is 49.2 Å². The predicted molar refractivity (Wildman–Crippen MR) is 86.7 cm³/mol. The second kappa shape index (κ2) is 5.98. The van der Waals surface area contributed by atoms with Crippen molar-refractivity contribution in [3.63, 3.8) is 0 Å². The van der Waals surface area contributed by atoms with Crippen LogP contribution in [0.15, 0.2) is 41.3 Å². The summed E-state index contributed by atoms with van der Waals surface area (Å²) in [5.74, 6) is -0.673. The van der Waals surface area contributed by atoms with Crippen LogP contribution in [-0.4, -0.2) is 14.3 Å². The van der Waals surface area contributed by atoms with Gasteiger partial charge in [0.05, 0.1) is 10.6 Å². The van der Waals surface area contributed by atoms with E-state index in [0.29, 0.717) is 21.8 Å². The number of nitrogens with two attached hydrogens (primary N) is 1. The van der Waals surface area contributed by atoms with E-state index in [4.69, 9.17) is 17.3 Å². The number of benzene rings is 2. The molecule has 0 fully saturated rings. The van der Waals surface area contributed by atoms with Gasteiger partial charge in [0.15, 0.2) is 0 Å². The van der Waals surface area contributed by atoms with Gasteiger partial charge in [-0.15, -0.1) is 0 Å².